The fourth-order valence-electron chi connectivity index (χ4n) is 2.52. The lowest BCUT2D eigenvalue weighted by atomic mass is 9.89. The van der Waals surface area contributed by atoms with E-state index >= 15 is 0 Å². The molecule has 0 spiro atoms. The summed E-state index contributed by atoms with van der Waals surface area (Å²) < 4.78 is 5.43. The highest BCUT2D eigenvalue weighted by atomic mass is 16.5. The molecule has 0 bridgehead atoms. The Hall–Kier alpha value is -1.61. The second-order valence-electron chi connectivity index (χ2n) is 5.42. The highest BCUT2D eigenvalue weighted by Gasteiger charge is 2.30. The summed E-state index contributed by atoms with van der Waals surface area (Å²) in [6, 6.07) is 10.1. The first kappa shape index (κ1) is 14.8. The molecular formula is C17H23NO2. The van der Waals surface area contributed by atoms with Gasteiger partial charge in [0.2, 0.25) is 0 Å². The van der Waals surface area contributed by atoms with E-state index in [1.807, 2.05) is 32.0 Å². The highest BCUT2D eigenvalue weighted by molar-refractivity contribution is 5.89. The third kappa shape index (κ3) is 3.48. The number of likely N-dealkylation sites (N-methyl/N-ethyl adjacent to an activating group) is 1. The third-order valence-electron chi connectivity index (χ3n) is 3.58. The quantitative estimate of drug-likeness (QED) is 0.790. The first-order valence-corrected chi connectivity index (χ1v) is 7.30. The van der Waals surface area contributed by atoms with Gasteiger partial charge in [-0.25, -0.2) is 0 Å². The Morgan fingerprint density at radius 3 is 2.65 bits per heavy atom. The standard InChI is InChI=1S/C17H23NO2/c1-4-18-11-10-15(14-8-6-5-7-9-14)16(12-18)17(19)20-13(2)3/h5-10,13,16H,4,11-12H2,1-3H3/t16-/m1/s1. The summed E-state index contributed by atoms with van der Waals surface area (Å²) in [7, 11) is 0. The van der Waals surface area contributed by atoms with Gasteiger partial charge in [-0.05, 0) is 31.5 Å². The zero-order valence-electron chi connectivity index (χ0n) is 12.5. The van der Waals surface area contributed by atoms with Crippen LogP contribution in [0.15, 0.2) is 36.4 Å². The molecule has 1 heterocycles. The number of hydrogen-bond acceptors (Lipinski definition) is 3. The first-order chi connectivity index (χ1) is 9.61. The van der Waals surface area contributed by atoms with Gasteiger partial charge < -0.3 is 4.74 Å². The van der Waals surface area contributed by atoms with Crippen molar-refractivity contribution in [3.05, 3.63) is 42.0 Å². The van der Waals surface area contributed by atoms with E-state index in [9.17, 15) is 4.79 Å². The van der Waals surface area contributed by atoms with Gasteiger partial charge >= 0.3 is 5.97 Å². The number of benzene rings is 1. The molecule has 1 aromatic carbocycles. The molecule has 0 saturated heterocycles. The summed E-state index contributed by atoms with van der Waals surface area (Å²) >= 11 is 0. The smallest absolute Gasteiger partial charge is 0.314 e. The Balaban J connectivity index is 2.26. The maximum Gasteiger partial charge on any atom is 0.314 e. The molecule has 0 saturated carbocycles. The van der Waals surface area contributed by atoms with Crippen molar-refractivity contribution in [3.63, 3.8) is 0 Å². The van der Waals surface area contributed by atoms with Crippen molar-refractivity contribution in [2.45, 2.75) is 26.9 Å². The maximum absolute atomic E-state index is 12.4. The summed E-state index contributed by atoms with van der Waals surface area (Å²) in [6.07, 6.45) is 2.09. The summed E-state index contributed by atoms with van der Waals surface area (Å²) in [5.41, 5.74) is 2.22. The third-order valence-corrected chi connectivity index (χ3v) is 3.58. The topological polar surface area (TPSA) is 29.5 Å². The van der Waals surface area contributed by atoms with Crippen LogP contribution >= 0.6 is 0 Å². The van der Waals surface area contributed by atoms with Gasteiger partial charge in [-0.1, -0.05) is 43.3 Å². The van der Waals surface area contributed by atoms with Gasteiger partial charge in [-0.3, -0.25) is 9.69 Å². The predicted molar refractivity (Wildman–Crippen MR) is 81.3 cm³/mol. The minimum Gasteiger partial charge on any atom is -0.462 e. The number of carbonyl (C=O) groups is 1. The van der Waals surface area contributed by atoms with Crippen molar-refractivity contribution in [2.24, 2.45) is 5.92 Å². The van der Waals surface area contributed by atoms with Crippen LogP contribution in [0.1, 0.15) is 26.3 Å². The molecule has 1 aliphatic heterocycles. The lowest BCUT2D eigenvalue weighted by Gasteiger charge is -2.31. The van der Waals surface area contributed by atoms with Crippen LogP contribution < -0.4 is 0 Å². The fraction of sp³-hybridized carbons (Fsp3) is 0.471. The summed E-state index contributed by atoms with van der Waals surface area (Å²) in [5, 5.41) is 0. The van der Waals surface area contributed by atoms with Crippen molar-refractivity contribution in [1.82, 2.24) is 4.90 Å². The Bertz CT molecular complexity index is 479. The monoisotopic (exact) mass is 273 g/mol. The van der Waals surface area contributed by atoms with E-state index in [1.54, 1.807) is 0 Å². The van der Waals surface area contributed by atoms with Crippen molar-refractivity contribution in [3.8, 4) is 0 Å². The van der Waals surface area contributed by atoms with Crippen LogP contribution in [0.25, 0.3) is 5.57 Å². The summed E-state index contributed by atoms with van der Waals surface area (Å²) in [4.78, 5) is 14.6. The molecule has 0 radical (unpaired) electrons. The molecule has 0 aliphatic carbocycles. The van der Waals surface area contributed by atoms with Gasteiger partial charge in [0.1, 0.15) is 0 Å². The Morgan fingerprint density at radius 2 is 2.05 bits per heavy atom. The van der Waals surface area contributed by atoms with E-state index in [4.69, 9.17) is 4.74 Å². The Morgan fingerprint density at radius 1 is 1.35 bits per heavy atom. The van der Waals surface area contributed by atoms with E-state index in [2.05, 4.69) is 30.0 Å². The fourth-order valence-corrected chi connectivity index (χ4v) is 2.52. The molecule has 0 N–H and O–H groups in total. The van der Waals surface area contributed by atoms with Crippen molar-refractivity contribution in [2.75, 3.05) is 19.6 Å². The van der Waals surface area contributed by atoms with E-state index in [0.717, 1.165) is 30.8 Å². The number of esters is 1. The molecule has 0 fully saturated rings. The zero-order chi connectivity index (χ0) is 14.5. The molecule has 0 aromatic heterocycles. The summed E-state index contributed by atoms with van der Waals surface area (Å²) in [6.45, 7) is 8.49. The highest BCUT2D eigenvalue weighted by Crippen LogP contribution is 2.29. The molecule has 0 amide bonds. The van der Waals surface area contributed by atoms with E-state index in [1.165, 1.54) is 0 Å². The Kier molecular flexibility index (Phi) is 4.96. The number of carbonyl (C=O) groups excluding carboxylic acids is 1. The van der Waals surface area contributed by atoms with Gasteiger partial charge in [0, 0.05) is 13.1 Å². The second kappa shape index (κ2) is 6.71. The van der Waals surface area contributed by atoms with Gasteiger partial charge in [0.05, 0.1) is 12.0 Å². The van der Waals surface area contributed by atoms with Gasteiger partial charge in [-0.2, -0.15) is 0 Å². The number of rotatable bonds is 4. The zero-order valence-corrected chi connectivity index (χ0v) is 12.5. The number of ether oxygens (including phenoxy) is 1. The van der Waals surface area contributed by atoms with E-state index < -0.39 is 0 Å². The molecule has 3 heteroatoms. The average molecular weight is 273 g/mol. The van der Waals surface area contributed by atoms with Crippen LogP contribution in [0, 0.1) is 5.92 Å². The van der Waals surface area contributed by atoms with E-state index in [-0.39, 0.29) is 18.0 Å². The van der Waals surface area contributed by atoms with E-state index in [0.29, 0.717) is 0 Å². The normalized spacial score (nSPS) is 19.8. The maximum atomic E-state index is 12.4. The molecule has 108 valence electrons. The predicted octanol–water partition coefficient (Wildman–Crippen LogP) is 2.97. The lowest BCUT2D eigenvalue weighted by Crippen LogP contribution is -2.39. The minimum absolute atomic E-state index is 0.0727. The first-order valence-electron chi connectivity index (χ1n) is 7.30. The molecule has 0 unspecified atom stereocenters. The molecule has 2 rings (SSSR count). The van der Waals surface area contributed by atoms with Gasteiger partial charge in [-0.15, -0.1) is 0 Å². The van der Waals surface area contributed by atoms with Gasteiger partial charge in [0.25, 0.3) is 0 Å². The average Bonchev–Trinajstić information content (AvgIpc) is 2.46. The van der Waals surface area contributed by atoms with Crippen LogP contribution in [-0.2, 0) is 9.53 Å². The lowest BCUT2D eigenvalue weighted by molar-refractivity contribution is -0.150. The molecule has 1 atom stereocenters. The van der Waals surface area contributed by atoms with Crippen LogP contribution in [0.2, 0.25) is 0 Å². The van der Waals surface area contributed by atoms with Crippen LogP contribution in [0.4, 0.5) is 0 Å². The largest absolute Gasteiger partial charge is 0.462 e. The minimum atomic E-state index is -0.187. The molecule has 3 nitrogen and oxygen atoms in total. The number of nitrogens with zero attached hydrogens (tertiary/aromatic N) is 1. The van der Waals surface area contributed by atoms with Gasteiger partial charge in [0.15, 0.2) is 0 Å². The van der Waals surface area contributed by atoms with Crippen molar-refractivity contribution < 1.29 is 9.53 Å². The summed E-state index contributed by atoms with van der Waals surface area (Å²) in [5.74, 6) is -0.304. The van der Waals surface area contributed by atoms with Crippen molar-refractivity contribution in [1.29, 1.82) is 0 Å². The van der Waals surface area contributed by atoms with Crippen LogP contribution in [-0.4, -0.2) is 36.6 Å². The van der Waals surface area contributed by atoms with Crippen LogP contribution in [0.5, 0.6) is 0 Å². The molecule has 1 aliphatic rings. The molecular weight excluding hydrogens is 250 g/mol. The second-order valence-corrected chi connectivity index (χ2v) is 5.42. The van der Waals surface area contributed by atoms with Crippen LogP contribution in [0.3, 0.4) is 0 Å². The number of hydrogen-bond donors (Lipinski definition) is 0. The Labute approximate surface area is 121 Å². The molecule has 1 aromatic rings. The SMILES string of the molecule is CCN1CC=C(c2ccccc2)[C@H](C(=O)OC(C)C)C1. The molecule has 20 heavy (non-hydrogen) atoms. The van der Waals surface area contributed by atoms with Crippen molar-refractivity contribution >= 4 is 11.5 Å².